The first kappa shape index (κ1) is 18.0. The number of hydrogen-bond donors (Lipinski definition) is 1. The zero-order chi connectivity index (χ0) is 16.7. The molecule has 5 heteroatoms. The molecule has 2 unspecified atom stereocenters. The lowest BCUT2D eigenvalue weighted by atomic mass is 9.92. The van der Waals surface area contributed by atoms with Gasteiger partial charge in [-0.2, -0.15) is 13.2 Å². The number of alkyl halides is 3. The highest BCUT2D eigenvalue weighted by molar-refractivity contribution is 5.57. The lowest BCUT2D eigenvalue weighted by Gasteiger charge is -2.13. The van der Waals surface area contributed by atoms with Gasteiger partial charge < -0.3 is 10.1 Å². The molecule has 2 rings (SSSR count). The van der Waals surface area contributed by atoms with Gasteiger partial charge >= 0.3 is 6.18 Å². The van der Waals surface area contributed by atoms with Gasteiger partial charge in [0.2, 0.25) is 0 Å². The molecule has 0 aliphatic carbocycles. The number of hydrogen-bond acceptors (Lipinski definition) is 2. The zero-order valence-electron chi connectivity index (χ0n) is 13.2. The second-order valence-corrected chi connectivity index (χ2v) is 6.37. The number of carbonyl (C=O) groups excluding carboxylic acids is 1. The number of aryl methyl sites for hydroxylation is 1. The Hall–Kier alpha value is -1.36. The SMILES string of the molecule is O=CC1CCC(CCCCc2cccc(C(F)(F)F)c2)CCN1. The van der Waals surface area contributed by atoms with Gasteiger partial charge in [-0.1, -0.05) is 31.0 Å². The zero-order valence-corrected chi connectivity index (χ0v) is 13.2. The molecule has 23 heavy (non-hydrogen) atoms. The number of aldehydes is 1. The summed E-state index contributed by atoms with van der Waals surface area (Å²) < 4.78 is 38.0. The summed E-state index contributed by atoms with van der Waals surface area (Å²) in [7, 11) is 0. The molecule has 1 heterocycles. The largest absolute Gasteiger partial charge is 0.416 e. The molecule has 0 aromatic heterocycles. The fourth-order valence-corrected chi connectivity index (χ4v) is 3.20. The van der Waals surface area contributed by atoms with Crippen LogP contribution in [0.25, 0.3) is 0 Å². The van der Waals surface area contributed by atoms with Gasteiger partial charge in [-0.25, -0.2) is 0 Å². The van der Waals surface area contributed by atoms with Crippen molar-refractivity contribution in [2.45, 2.75) is 57.2 Å². The second kappa shape index (κ2) is 8.48. The van der Waals surface area contributed by atoms with Gasteiger partial charge in [0.25, 0.3) is 0 Å². The highest BCUT2D eigenvalue weighted by Gasteiger charge is 2.30. The summed E-state index contributed by atoms with van der Waals surface area (Å²) in [6, 6.07) is 5.61. The third-order valence-electron chi connectivity index (χ3n) is 4.59. The molecule has 0 bridgehead atoms. The van der Waals surface area contributed by atoms with Gasteiger partial charge in [0, 0.05) is 0 Å². The molecular weight excluding hydrogens is 303 g/mol. The van der Waals surface area contributed by atoms with Crippen LogP contribution in [0.5, 0.6) is 0 Å². The van der Waals surface area contributed by atoms with Crippen LogP contribution in [0.1, 0.15) is 49.7 Å². The molecule has 1 aromatic rings. The van der Waals surface area contributed by atoms with Crippen molar-refractivity contribution in [1.82, 2.24) is 5.32 Å². The summed E-state index contributed by atoms with van der Waals surface area (Å²) in [5.41, 5.74) is 0.188. The van der Waals surface area contributed by atoms with Crippen molar-refractivity contribution in [3.63, 3.8) is 0 Å². The second-order valence-electron chi connectivity index (χ2n) is 6.37. The van der Waals surface area contributed by atoms with E-state index in [1.807, 2.05) is 0 Å². The molecular formula is C18H24F3NO. The molecule has 0 amide bonds. The van der Waals surface area contributed by atoms with Crippen molar-refractivity contribution in [1.29, 1.82) is 0 Å². The van der Waals surface area contributed by atoms with Crippen molar-refractivity contribution < 1.29 is 18.0 Å². The van der Waals surface area contributed by atoms with E-state index in [2.05, 4.69) is 5.32 Å². The minimum Gasteiger partial charge on any atom is -0.308 e. The summed E-state index contributed by atoms with van der Waals surface area (Å²) in [4.78, 5) is 10.8. The van der Waals surface area contributed by atoms with Crippen LogP contribution in [-0.2, 0) is 17.4 Å². The maximum absolute atomic E-state index is 12.7. The monoisotopic (exact) mass is 327 g/mol. The molecule has 1 fully saturated rings. The summed E-state index contributed by atoms with van der Waals surface area (Å²) >= 11 is 0. The van der Waals surface area contributed by atoms with E-state index >= 15 is 0 Å². The van der Waals surface area contributed by atoms with Crippen LogP contribution in [0.3, 0.4) is 0 Å². The number of benzene rings is 1. The standard InChI is InChI=1S/C18H24F3NO/c19-18(20,21)16-7-3-6-15(12-16)5-2-1-4-14-8-9-17(13-23)22-11-10-14/h3,6-7,12-14,17,22H,1-2,4-5,8-11H2. The van der Waals surface area contributed by atoms with E-state index in [0.717, 1.165) is 63.0 Å². The molecule has 128 valence electrons. The van der Waals surface area contributed by atoms with Crippen LogP contribution < -0.4 is 5.32 Å². The normalized spacial score (nSPS) is 22.6. The summed E-state index contributed by atoms with van der Waals surface area (Å²) in [5.74, 6) is 0.619. The van der Waals surface area contributed by atoms with Gasteiger partial charge in [0.15, 0.2) is 0 Å². The van der Waals surface area contributed by atoms with Crippen molar-refractivity contribution in [2.75, 3.05) is 6.54 Å². The van der Waals surface area contributed by atoms with Crippen molar-refractivity contribution in [3.8, 4) is 0 Å². The van der Waals surface area contributed by atoms with Crippen molar-refractivity contribution in [3.05, 3.63) is 35.4 Å². The topological polar surface area (TPSA) is 29.1 Å². The molecule has 1 aliphatic rings. The van der Waals surface area contributed by atoms with E-state index in [1.165, 1.54) is 12.1 Å². The van der Waals surface area contributed by atoms with Crippen LogP contribution >= 0.6 is 0 Å². The van der Waals surface area contributed by atoms with E-state index in [9.17, 15) is 18.0 Å². The molecule has 2 atom stereocenters. The summed E-state index contributed by atoms with van der Waals surface area (Å²) in [6.07, 6.45) is 3.44. The van der Waals surface area contributed by atoms with E-state index in [4.69, 9.17) is 0 Å². The maximum Gasteiger partial charge on any atom is 0.416 e. The Morgan fingerprint density at radius 1 is 1.17 bits per heavy atom. The number of halogens is 3. The van der Waals surface area contributed by atoms with Crippen LogP contribution in [0.4, 0.5) is 13.2 Å². The summed E-state index contributed by atoms with van der Waals surface area (Å²) in [5, 5.41) is 3.22. The predicted molar refractivity (Wildman–Crippen MR) is 84.2 cm³/mol. The van der Waals surface area contributed by atoms with Gasteiger partial charge in [-0.15, -0.1) is 0 Å². The molecule has 1 aromatic carbocycles. The molecule has 0 spiro atoms. The quantitative estimate of drug-likeness (QED) is 0.621. The average Bonchev–Trinajstić information content (AvgIpc) is 2.76. The highest BCUT2D eigenvalue weighted by Crippen LogP contribution is 2.30. The smallest absolute Gasteiger partial charge is 0.308 e. The van der Waals surface area contributed by atoms with Crippen molar-refractivity contribution in [2.24, 2.45) is 5.92 Å². The molecule has 0 radical (unpaired) electrons. The average molecular weight is 327 g/mol. The molecule has 1 N–H and O–H groups in total. The van der Waals surface area contributed by atoms with E-state index in [0.29, 0.717) is 12.3 Å². The Kier molecular flexibility index (Phi) is 6.63. The van der Waals surface area contributed by atoms with E-state index in [1.54, 1.807) is 6.07 Å². The van der Waals surface area contributed by atoms with E-state index in [-0.39, 0.29) is 6.04 Å². The first-order chi connectivity index (χ1) is 11.0. The fraction of sp³-hybridized carbons (Fsp3) is 0.611. The Morgan fingerprint density at radius 3 is 2.74 bits per heavy atom. The lowest BCUT2D eigenvalue weighted by Crippen LogP contribution is -2.29. The lowest BCUT2D eigenvalue weighted by molar-refractivity contribution is -0.137. The van der Waals surface area contributed by atoms with Crippen molar-refractivity contribution >= 4 is 6.29 Å². The molecule has 2 nitrogen and oxygen atoms in total. The number of rotatable bonds is 6. The van der Waals surface area contributed by atoms with Gasteiger partial charge in [0.1, 0.15) is 6.29 Å². The first-order valence-electron chi connectivity index (χ1n) is 8.34. The summed E-state index contributed by atoms with van der Waals surface area (Å²) in [6.45, 7) is 0.877. The predicted octanol–water partition coefficient (Wildman–Crippen LogP) is 4.38. The minimum atomic E-state index is -4.27. The van der Waals surface area contributed by atoms with E-state index < -0.39 is 11.7 Å². The van der Waals surface area contributed by atoms with Gasteiger partial charge in [0.05, 0.1) is 11.6 Å². The Balaban J connectivity index is 1.72. The van der Waals surface area contributed by atoms with Crippen LogP contribution in [-0.4, -0.2) is 18.9 Å². The van der Waals surface area contributed by atoms with Gasteiger partial charge in [-0.3, -0.25) is 0 Å². The third kappa shape index (κ3) is 5.98. The van der Waals surface area contributed by atoms with Crippen LogP contribution in [0, 0.1) is 5.92 Å². The molecule has 1 saturated heterocycles. The first-order valence-corrected chi connectivity index (χ1v) is 8.34. The highest BCUT2D eigenvalue weighted by atomic mass is 19.4. The fourth-order valence-electron chi connectivity index (χ4n) is 3.20. The Labute approximate surface area is 135 Å². The number of unbranched alkanes of at least 4 members (excludes halogenated alkanes) is 1. The van der Waals surface area contributed by atoms with Gasteiger partial charge in [-0.05, 0) is 56.2 Å². The number of nitrogens with one attached hydrogen (secondary N) is 1. The van der Waals surface area contributed by atoms with Crippen LogP contribution in [0.15, 0.2) is 24.3 Å². The maximum atomic E-state index is 12.7. The Bertz CT molecular complexity index is 501. The molecule has 1 aliphatic heterocycles. The molecule has 0 saturated carbocycles. The minimum absolute atomic E-state index is 0.00916. The Morgan fingerprint density at radius 2 is 2.00 bits per heavy atom. The number of carbonyl (C=O) groups is 1. The van der Waals surface area contributed by atoms with Crippen LogP contribution in [0.2, 0.25) is 0 Å². The third-order valence-corrected chi connectivity index (χ3v) is 4.59.